The summed E-state index contributed by atoms with van der Waals surface area (Å²) < 4.78 is 37.3. The van der Waals surface area contributed by atoms with Crippen LogP contribution in [0.4, 0.5) is 9.52 Å². The quantitative estimate of drug-likeness (QED) is 0.633. The van der Waals surface area contributed by atoms with Crippen molar-refractivity contribution in [2.75, 3.05) is 37.3 Å². The minimum absolute atomic E-state index is 0.0263. The van der Waals surface area contributed by atoms with Crippen molar-refractivity contribution in [3.05, 3.63) is 53.8 Å². The monoisotopic (exact) mass is 433 g/mol. The average Bonchev–Trinajstić information content (AvgIpc) is 3.12. The van der Waals surface area contributed by atoms with E-state index in [4.69, 9.17) is 0 Å². The molecule has 0 radical (unpaired) electrons. The van der Waals surface area contributed by atoms with Gasteiger partial charge in [-0.25, -0.2) is 17.8 Å². The zero-order valence-electron chi connectivity index (χ0n) is 15.8. The Kier molecular flexibility index (Phi) is 5.26. The minimum Gasteiger partial charge on any atom is -0.345 e. The fourth-order valence-corrected chi connectivity index (χ4v) is 5.07. The SMILES string of the molecule is CS(=O)(=O)c1ccc2nc(N3CCN(C(=O)Cc4ccc(F)cc4)CC3)sc2c1. The number of carbonyl (C=O) groups excluding carboxylic acids is 1. The van der Waals surface area contributed by atoms with Crippen LogP contribution in [0.25, 0.3) is 10.2 Å². The molecule has 3 aromatic rings. The molecule has 152 valence electrons. The molecule has 6 nitrogen and oxygen atoms in total. The summed E-state index contributed by atoms with van der Waals surface area (Å²) in [5.74, 6) is -0.285. The standard InChI is InChI=1S/C20H20FN3O3S2/c1-29(26,27)16-6-7-17-18(13-16)28-20(22-17)24-10-8-23(9-11-24)19(25)12-14-2-4-15(21)5-3-14/h2-7,13H,8-12H2,1H3. The summed E-state index contributed by atoms with van der Waals surface area (Å²) in [5, 5.41) is 0.830. The van der Waals surface area contributed by atoms with Gasteiger partial charge in [0.2, 0.25) is 5.91 Å². The molecule has 0 bridgehead atoms. The molecule has 4 rings (SSSR count). The Bertz CT molecular complexity index is 1150. The number of carbonyl (C=O) groups is 1. The van der Waals surface area contributed by atoms with Crippen LogP contribution in [0.1, 0.15) is 5.56 Å². The lowest BCUT2D eigenvalue weighted by Crippen LogP contribution is -2.49. The second-order valence-corrected chi connectivity index (χ2v) is 10.1. The summed E-state index contributed by atoms with van der Waals surface area (Å²) in [4.78, 5) is 21.3. The largest absolute Gasteiger partial charge is 0.345 e. The van der Waals surface area contributed by atoms with Crippen molar-refractivity contribution in [3.8, 4) is 0 Å². The van der Waals surface area contributed by atoms with Gasteiger partial charge in [0.05, 0.1) is 21.5 Å². The molecule has 2 aromatic carbocycles. The van der Waals surface area contributed by atoms with Crippen molar-refractivity contribution >= 4 is 42.4 Å². The summed E-state index contributed by atoms with van der Waals surface area (Å²) in [6.45, 7) is 2.50. The van der Waals surface area contributed by atoms with Crippen molar-refractivity contribution in [2.24, 2.45) is 0 Å². The maximum Gasteiger partial charge on any atom is 0.227 e. The molecular weight excluding hydrogens is 413 g/mol. The highest BCUT2D eigenvalue weighted by Crippen LogP contribution is 2.31. The molecule has 0 unspecified atom stereocenters. The first-order valence-corrected chi connectivity index (χ1v) is 11.9. The summed E-state index contributed by atoms with van der Waals surface area (Å²) in [6.07, 6.45) is 1.45. The van der Waals surface area contributed by atoms with Crippen LogP contribution in [0, 0.1) is 5.82 Å². The second-order valence-electron chi connectivity index (χ2n) is 7.07. The van der Waals surface area contributed by atoms with Crippen molar-refractivity contribution in [1.29, 1.82) is 0 Å². The van der Waals surface area contributed by atoms with E-state index in [1.807, 2.05) is 4.90 Å². The number of amides is 1. The maximum absolute atomic E-state index is 13.0. The first-order chi connectivity index (χ1) is 13.8. The molecule has 1 aliphatic heterocycles. The Balaban J connectivity index is 1.41. The van der Waals surface area contributed by atoms with Gasteiger partial charge in [-0.2, -0.15) is 0 Å². The van der Waals surface area contributed by atoms with E-state index in [0.717, 1.165) is 20.9 Å². The number of piperazine rings is 1. The van der Waals surface area contributed by atoms with Crippen LogP contribution >= 0.6 is 11.3 Å². The number of rotatable bonds is 4. The number of fused-ring (bicyclic) bond motifs is 1. The molecule has 1 aliphatic rings. The Morgan fingerprint density at radius 3 is 2.45 bits per heavy atom. The van der Waals surface area contributed by atoms with Gasteiger partial charge in [0.1, 0.15) is 5.82 Å². The molecule has 29 heavy (non-hydrogen) atoms. The Hall–Kier alpha value is -2.52. The fourth-order valence-electron chi connectivity index (χ4n) is 3.29. The third kappa shape index (κ3) is 4.40. The van der Waals surface area contributed by atoms with E-state index in [1.165, 1.54) is 29.7 Å². The van der Waals surface area contributed by atoms with Crippen molar-refractivity contribution in [1.82, 2.24) is 9.88 Å². The number of aromatic nitrogens is 1. The van der Waals surface area contributed by atoms with Crippen molar-refractivity contribution < 1.29 is 17.6 Å². The first-order valence-electron chi connectivity index (χ1n) is 9.17. The number of hydrogen-bond donors (Lipinski definition) is 0. The van der Waals surface area contributed by atoms with Crippen LogP contribution in [-0.4, -0.2) is 56.6 Å². The van der Waals surface area contributed by atoms with Gasteiger partial charge < -0.3 is 9.80 Å². The van der Waals surface area contributed by atoms with Crippen LogP contribution in [0.5, 0.6) is 0 Å². The van der Waals surface area contributed by atoms with Gasteiger partial charge >= 0.3 is 0 Å². The predicted molar refractivity (Wildman–Crippen MR) is 112 cm³/mol. The van der Waals surface area contributed by atoms with Crippen molar-refractivity contribution in [3.63, 3.8) is 0 Å². The molecule has 0 saturated carbocycles. The second kappa shape index (κ2) is 7.72. The van der Waals surface area contributed by atoms with E-state index in [0.29, 0.717) is 26.2 Å². The third-order valence-corrected chi connectivity index (χ3v) is 7.14. The Morgan fingerprint density at radius 2 is 1.79 bits per heavy atom. The summed E-state index contributed by atoms with van der Waals surface area (Å²) >= 11 is 1.46. The average molecular weight is 434 g/mol. The highest BCUT2D eigenvalue weighted by molar-refractivity contribution is 7.90. The van der Waals surface area contributed by atoms with Crippen molar-refractivity contribution in [2.45, 2.75) is 11.3 Å². The Morgan fingerprint density at radius 1 is 1.10 bits per heavy atom. The number of hydrogen-bond acceptors (Lipinski definition) is 6. The predicted octanol–water partition coefficient (Wildman–Crippen LogP) is 2.73. The van der Waals surface area contributed by atoms with Gasteiger partial charge in [0.15, 0.2) is 15.0 Å². The lowest BCUT2D eigenvalue weighted by Gasteiger charge is -2.34. The summed E-state index contributed by atoms with van der Waals surface area (Å²) in [7, 11) is -3.25. The van der Waals surface area contributed by atoms with E-state index in [2.05, 4.69) is 9.88 Å². The highest BCUT2D eigenvalue weighted by Gasteiger charge is 2.23. The molecule has 2 heterocycles. The molecule has 9 heteroatoms. The number of anilines is 1. The van der Waals surface area contributed by atoms with Gasteiger partial charge in [-0.1, -0.05) is 23.5 Å². The van der Waals surface area contributed by atoms with Gasteiger partial charge in [0.25, 0.3) is 0 Å². The third-order valence-electron chi connectivity index (χ3n) is 4.95. The number of thiazole rings is 1. The molecular formula is C20H20FN3O3S2. The van der Waals surface area contributed by atoms with E-state index in [1.54, 1.807) is 30.3 Å². The van der Waals surface area contributed by atoms with Gasteiger partial charge in [-0.05, 0) is 35.9 Å². The molecule has 0 N–H and O–H groups in total. The van der Waals surface area contributed by atoms with E-state index < -0.39 is 9.84 Å². The smallest absolute Gasteiger partial charge is 0.227 e. The molecule has 0 atom stereocenters. The number of sulfone groups is 1. The van der Waals surface area contributed by atoms with Gasteiger partial charge in [0, 0.05) is 32.4 Å². The normalized spacial score (nSPS) is 15.1. The van der Waals surface area contributed by atoms with Crippen LogP contribution < -0.4 is 4.90 Å². The van der Waals surface area contributed by atoms with Crippen LogP contribution in [0.3, 0.4) is 0 Å². The van der Waals surface area contributed by atoms with Crippen LogP contribution in [0.2, 0.25) is 0 Å². The summed E-state index contributed by atoms with van der Waals surface area (Å²) in [5.41, 5.74) is 1.57. The Labute approximate surface area is 172 Å². The van der Waals surface area contributed by atoms with E-state index in [9.17, 15) is 17.6 Å². The topological polar surface area (TPSA) is 70.6 Å². The maximum atomic E-state index is 13.0. The molecule has 1 saturated heterocycles. The minimum atomic E-state index is -3.25. The van der Waals surface area contributed by atoms with E-state index in [-0.39, 0.29) is 23.0 Å². The number of nitrogens with zero attached hydrogens (tertiary/aromatic N) is 3. The zero-order chi connectivity index (χ0) is 20.6. The fraction of sp³-hybridized carbons (Fsp3) is 0.300. The lowest BCUT2D eigenvalue weighted by atomic mass is 10.1. The molecule has 0 aliphatic carbocycles. The molecule has 1 fully saturated rings. The zero-order valence-corrected chi connectivity index (χ0v) is 17.5. The van der Waals surface area contributed by atoms with Crippen LogP contribution in [0.15, 0.2) is 47.4 Å². The summed E-state index contributed by atoms with van der Waals surface area (Å²) in [6, 6.07) is 11.0. The highest BCUT2D eigenvalue weighted by atomic mass is 32.2. The lowest BCUT2D eigenvalue weighted by molar-refractivity contribution is -0.130. The van der Waals surface area contributed by atoms with Gasteiger partial charge in [-0.15, -0.1) is 0 Å². The van der Waals surface area contributed by atoms with E-state index >= 15 is 0 Å². The first kappa shape index (κ1) is 19.8. The number of halogens is 1. The molecule has 0 spiro atoms. The molecule has 1 amide bonds. The van der Waals surface area contributed by atoms with Gasteiger partial charge in [-0.3, -0.25) is 4.79 Å². The van der Waals surface area contributed by atoms with Crippen LogP contribution in [-0.2, 0) is 21.1 Å². The number of benzene rings is 2. The molecule has 1 aromatic heterocycles.